The monoisotopic (exact) mass is 398 g/mol. The lowest BCUT2D eigenvalue weighted by Crippen LogP contribution is -2.36. The summed E-state index contributed by atoms with van der Waals surface area (Å²) in [5.74, 6) is 0.562. The van der Waals surface area contributed by atoms with E-state index in [0.29, 0.717) is 30.3 Å². The van der Waals surface area contributed by atoms with Crippen molar-refractivity contribution >= 4 is 5.91 Å². The number of pyridine rings is 1. The van der Waals surface area contributed by atoms with Gasteiger partial charge in [0.05, 0.1) is 19.8 Å². The number of benzene rings is 1. The van der Waals surface area contributed by atoms with E-state index in [0.717, 1.165) is 16.2 Å². The van der Waals surface area contributed by atoms with Gasteiger partial charge in [0, 0.05) is 25.4 Å². The molecule has 0 saturated heterocycles. The van der Waals surface area contributed by atoms with Gasteiger partial charge in [-0.1, -0.05) is 6.07 Å². The third-order valence-electron chi connectivity index (χ3n) is 4.17. The molecule has 0 aliphatic heterocycles. The second-order valence-electron chi connectivity index (χ2n) is 5.98. The highest BCUT2D eigenvalue weighted by atomic mass is 19.4. The number of hydrogen-bond donors (Lipinski definition) is 0. The second-order valence-corrected chi connectivity index (χ2v) is 5.98. The predicted molar refractivity (Wildman–Crippen MR) is 96.3 cm³/mol. The summed E-state index contributed by atoms with van der Waals surface area (Å²) in [6, 6.07) is 6.67. The zero-order valence-electron chi connectivity index (χ0n) is 15.7. The van der Waals surface area contributed by atoms with Crippen LogP contribution in [0.5, 0.6) is 11.5 Å². The Kier molecular flexibility index (Phi) is 6.71. The van der Waals surface area contributed by atoms with Crippen molar-refractivity contribution < 1.29 is 27.4 Å². The third-order valence-corrected chi connectivity index (χ3v) is 4.17. The van der Waals surface area contributed by atoms with E-state index in [4.69, 9.17) is 9.47 Å². The molecule has 0 radical (unpaired) electrons. The van der Waals surface area contributed by atoms with Gasteiger partial charge < -0.3 is 18.9 Å². The van der Waals surface area contributed by atoms with E-state index in [1.165, 1.54) is 19.1 Å². The summed E-state index contributed by atoms with van der Waals surface area (Å²) >= 11 is 0. The van der Waals surface area contributed by atoms with Crippen molar-refractivity contribution in [3.8, 4) is 11.5 Å². The Balaban J connectivity index is 2.20. The molecule has 28 heavy (non-hydrogen) atoms. The number of hydrogen-bond acceptors (Lipinski definition) is 4. The van der Waals surface area contributed by atoms with Crippen molar-refractivity contribution in [1.82, 2.24) is 9.47 Å². The first-order valence-electron chi connectivity index (χ1n) is 8.46. The molecule has 9 heteroatoms. The van der Waals surface area contributed by atoms with Gasteiger partial charge in [-0.15, -0.1) is 0 Å². The summed E-state index contributed by atoms with van der Waals surface area (Å²) in [7, 11) is 3.00. The zero-order valence-corrected chi connectivity index (χ0v) is 15.7. The molecule has 0 aliphatic rings. The number of carbonyl (C=O) groups excluding carboxylic acids is 1. The average molecular weight is 398 g/mol. The van der Waals surface area contributed by atoms with E-state index < -0.39 is 29.8 Å². The van der Waals surface area contributed by atoms with Crippen molar-refractivity contribution in [3.63, 3.8) is 0 Å². The first-order chi connectivity index (χ1) is 13.2. The summed E-state index contributed by atoms with van der Waals surface area (Å²) in [6.45, 7) is 1.79. The van der Waals surface area contributed by atoms with Gasteiger partial charge in [-0.3, -0.25) is 9.59 Å². The second kappa shape index (κ2) is 8.81. The largest absolute Gasteiger partial charge is 0.493 e. The average Bonchev–Trinajstić information content (AvgIpc) is 2.66. The molecule has 0 atom stereocenters. The van der Waals surface area contributed by atoms with E-state index in [1.807, 2.05) is 0 Å². The molecule has 0 bridgehead atoms. The van der Waals surface area contributed by atoms with E-state index in [9.17, 15) is 22.8 Å². The fourth-order valence-electron chi connectivity index (χ4n) is 2.64. The molecule has 152 valence electrons. The number of rotatable bonds is 7. The Morgan fingerprint density at radius 3 is 2.36 bits per heavy atom. The highest BCUT2D eigenvalue weighted by Crippen LogP contribution is 2.29. The number of nitrogens with zero attached hydrogens (tertiary/aromatic N) is 2. The highest BCUT2D eigenvalue weighted by molar-refractivity contribution is 5.76. The number of aromatic nitrogens is 1. The fraction of sp³-hybridized carbons (Fsp3) is 0.368. The molecule has 1 amide bonds. The number of alkyl halides is 3. The van der Waals surface area contributed by atoms with Crippen LogP contribution in [0.2, 0.25) is 0 Å². The van der Waals surface area contributed by atoms with Crippen LogP contribution in [-0.4, -0.2) is 36.1 Å². The number of likely N-dealkylation sites (N-methyl/N-ethyl adjacent to an activating group) is 1. The molecule has 2 aromatic rings. The van der Waals surface area contributed by atoms with Crippen LogP contribution in [0.4, 0.5) is 13.2 Å². The molecular formula is C19H21F3N2O4. The molecule has 0 unspecified atom stereocenters. The lowest BCUT2D eigenvalue weighted by molar-refractivity contribution is -0.138. The summed E-state index contributed by atoms with van der Waals surface area (Å²) < 4.78 is 49.7. The standard InChI is InChI=1S/C19H21F3N2O4/c1-4-23(10-13-5-7-15(27-2)16(9-13)28-3)18(26)12-24-11-14(19(20,21)22)6-8-17(24)25/h5-9,11H,4,10,12H2,1-3H3. The first kappa shape index (κ1) is 21.3. The van der Waals surface area contributed by atoms with Crippen LogP contribution in [0.15, 0.2) is 41.3 Å². The Hall–Kier alpha value is -2.97. The minimum atomic E-state index is -4.59. The summed E-state index contributed by atoms with van der Waals surface area (Å²) in [4.78, 5) is 25.9. The third kappa shape index (κ3) is 5.05. The highest BCUT2D eigenvalue weighted by Gasteiger charge is 2.31. The van der Waals surface area contributed by atoms with Gasteiger partial charge in [0.2, 0.25) is 5.91 Å². The maximum atomic E-state index is 12.8. The summed E-state index contributed by atoms with van der Waals surface area (Å²) in [5, 5.41) is 0. The van der Waals surface area contributed by atoms with E-state index in [1.54, 1.807) is 25.1 Å². The van der Waals surface area contributed by atoms with Crippen LogP contribution in [0.3, 0.4) is 0 Å². The van der Waals surface area contributed by atoms with E-state index in [-0.39, 0.29) is 6.54 Å². The van der Waals surface area contributed by atoms with E-state index >= 15 is 0 Å². The number of methoxy groups -OCH3 is 2. The number of halogens is 3. The minimum Gasteiger partial charge on any atom is -0.493 e. The normalized spacial score (nSPS) is 11.2. The molecule has 1 aromatic carbocycles. The van der Waals surface area contributed by atoms with Crippen molar-refractivity contribution in [2.45, 2.75) is 26.2 Å². The number of carbonyl (C=O) groups is 1. The minimum absolute atomic E-state index is 0.212. The maximum Gasteiger partial charge on any atom is 0.417 e. The van der Waals surface area contributed by atoms with Crippen LogP contribution in [0.1, 0.15) is 18.1 Å². The number of amides is 1. The Morgan fingerprint density at radius 1 is 1.11 bits per heavy atom. The Bertz CT molecular complexity index is 893. The molecule has 0 spiro atoms. The lowest BCUT2D eigenvalue weighted by Gasteiger charge is -2.22. The SMILES string of the molecule is CCN(Cc1ccc(OC)c(OC)c1)C(=O)Cn1cc(C(F)(F)F)ccc1=O. The van der Waals surface area contributed by atoms with Crippen LogP contribution >= 0.6 is 0 Å². The van der Waals surface area contributed by atoms with Gasteiger partial charge >= 0.3 is 6.18 Å². The molecular weight excluding hydrogens is 377 g/mol. The summed E-state index contributed by atoms with van der Waals surface area (Å²) in [5.41, 5.74) is -0.907. The van der Waals surface area contributed by atoms with Crippen LogP contribution in [-0.2, 0) is 24.1 Å². The van der Waals surface area contributed by atoms with Gasteiger partial charge in [0.1, 0.15) is 6.54 Å². The molecule has 0 fully saturated rings. The van der Waals surface area contributed by atoms with Gasteiger partial charge in [-0.2, -0.15) is 13.2 Å². The smallest absolute Gasteiger partial charge is 0.417 e. The molecule has 1 heterocycles. The molecule has 1 aromatic heterocycles. The van der Waals surface area contributed by atoms with Gasteiger partial charge in [-0.05, 0) is 30.7 Å². The van der Waals surface area contributed by atoms with Crippen molar-refractivity contribution in [1.29, 1.82) is 0 Å². The topological polar surface area (TPSA) is 60.8 Å². The van der Waals surface area contributed by atoms with Crippen LogP contribution in [0.25, 0.3) is 0 Å². The maximum absolute atomic E-state index is 12.8. The molecule has 2 rings (SSSR count). The zero-order chi connectivity index (χ0) is 20.9. The fourth-order valence-corrected chi connectivity index (χ4v) is 2.64. The van der Waals surface area contributed by atoms with Gasteiger partial charge in [-0.25, -0.2) is 0 Å². The predicted octanol–water partition coefficient (Wildman–Crippen LogP) is 2.93. The molecule has 6 nitrogen and oxygen atoms in total. The Labute approximate surface area is 160 Å². The molecule has 0 saturated carbocycles. The lowest BCUT2D eigenvalue weighted by atomic mass is 10.2. The summed E-state index contributed by atoms with van der Waals surface area (Å²) in [6.07, 6.45) is -3.94. The van der Waals surface area contributed by atoms with Crippen molar-refractivity contribution in [2.75, 3.05) is 20.8 Å². The molecule has 0 N–H and O–H groups in total. The quantitative estimate of drug-likeness (QED) is 0.720. The van der Waals surface area contributed by atoms with Crippen molar-refractivity contribution in [2.24, 2.45) is 0 Å². The van der Waals surface area contributed by atoms with Gasteiger partial charge in [0.15, 0.2) is 11.5 Å². The van der Waals surface area contributed by atoms with Crippen LogP contribution < -0.4 is 15.0 Å². The molecule has 0 aliphatic carbocycles. The van der Waals surface area contributed by atoms with Crippen molar-refractivity contribution in [3.05, 3.63) is 58.0 Å². The number of ether oxygens (including phenoxy) is 2. The van der Waals surface area contributed by atoms with Crippen LogP contribution in [0, 0.1) is 0 Å². The van der Waals surface area contributed by atoms with Gasteiger partial charge in [0.25, 0.3) is 5.56 Å². The Morgan fingerprint density at radius 2 is 1.79 bits per heavy atom. The van der Waals surface area contributed by atoms with E-state index in [2.05, 4.69) is 0 Å². The first-order valence-corrected chi connectivity index (χ1v) is 8.46.